The number of aliphatic hydroxyl groups is 2. The highest BCUT2D eigenvalue weighted by Gasteiger charge is 2.20. The molecule has 0 fully saturated rings. The highest BCUT2D eigenvalue weighted by atomic mass is 35.5. The van der Waals surface area contributed by atoms with Gasteiger partial charge in [-0.2, -0.15) is 0 Å². The molecule has 0 aliphatic carbocycles. The number of hydrogen-bond donors (Lipinski definition) is 4. The molecule has 0 radical (unpaired) electrons. The number of hydrogen-bond acceptors (Lipinski definition) is 6. The molecule has 0 unspecified atom stereocenters. The molecule has 144 valence electrons. The Kier molecular flexibility index (Phi) is 7.60. The number of aliphatic hydroxyl groups excluding tert-OH is 2. The Balaban J connectivity index is 2.02. The highest BCUT2D eigenvalue weighted by molar-refractivity contribution is 6.33. The first-order valence-electron chi connectivity index (χ1n) is 8.40. The summed E-state index contributed by atoms with van der Waals surface area (Å²) in [5.74, 6) is 0.579. The van der Waals surface area contributed by atoms with Gasteiger partial charge in [0.25, 0.3) is 5.91 Å². The fourth-order valence-electron chi connectivity index (χ4n) is 2.52. The van der Waals surface area contributed by atoms with Crippen LogP contribution >= 0.6 is 11.6 Å². The lowest BCUT2D eigenvalue weighted by atomic mass is 10.1. The average molecular weight is 391 g/mol. The number of halogens is 1. The van der Waals surface area contributed by atoms with Gasteiger partial charge in [-0.25, -0.2) is 4.98 Å². The number of aromatic nitrogens is 1. The molecular weight excluding hydrogens is 368 g/mol. The Bertz CT molecular complexity index is 789. The van der Waals surface area contributed by atoms with Crippen molar-refractivity contribution < 1.29 is 15.0 Å². The molecule has 27 heavy (non-hydrogen) atoms. The summed E-state index contributed by atoms with van der Waals surface area (Å²) in [6.07, 6.45) is 9.38. The fraction of sp³-hybridized carbons (Fsp3) is 0.263. The average Bonchev–Trinajstić information content (AvgIpc) is 2.67. The van der Waals surface area contributed by atoms with Crippen LogP contribution in [0.5, 0.6) is 0 Å². The molecule has 1 aliphatic heterocycles. The van der Waals surface area contributed by atoms with Crippen LogP contribution in [0, 0.1) is 0 Å². The van der Waals surface area contributed by atoms with Crippen molar-refractivity contribution in [1.29, 1.82) is 0 Å². The molecule has 0 saturated heterocycles. The summed E-state index contributed by atoms with van der Waals surface area (Å²) in [4.78, 5) is 18.5. The second-order valence-electron chi connectivity index (χ2n) is 5.89. The van der Waals surface area contributed by atoms with Crippen LogP contribution in [-0.4, -0.2) is 40.8 Å². The van der Waals surface area contributed by atoms with Crippen LogP contribution in [0.15, 0.2) is 60.6 Å². The number of amides is 1. The molecule has 2 heterocycles. The Morgan fingerprint density at radius 2 is 2.30 bits per heavy atom. The summed E-state index contributed by atoms with van der Waals surface area (Å²) in [5.41, 5.74) is 6.84. The van der Waals surface area contributed by atoms with Crippen LogP contribution in [0.3, 0.4) is 0 Å². The second kappa shape index (κ2) is 9.91. The molecule has 0 aromatic carbocycles. The van der Waals surface area contributed by atoms with Crippen LogP contribution in [-0.2, 0) is 4.79 Å². The summed E-state index contributed by atoms with van der Waals surface area (Å²) in [7, 11) is 0. The van der Waals surface area contributed by atoms with Gasteiger partial charge in [-0.1, -0.05) is 42.5 Å². The number of nitrogens with one attached hydrogen (secondary N) is 1. The summed E-state index contributed by atoms with van der Waals surface area (Å²) < 4.78 is 0. The third-order valence-electron chi connectivity index (χ3n) is 3.98. The number of rotatable bonds is 7. The van der Waals surface area contributed by atoms with Crippen LogP contribution in [0.25, 0.3) is 0 Å². The third-order valence-corrected chi connectivity index (χ3v) is 4.26. The molecule has 1 aromatic heterocycles. The Morgan fingerprint density at radius 1 is 1.52 bits per heavy atom. The molecule has 1 amide bonds. The minimum absolute atomic E-state index is 0.240. The summed E-state index contributed by atoms with van der Waals surface area (Å²) in [6.45, 7) is 4.19. The van der Waals surface area contributed by atoms with Crippen LogP contribution in [0.4, 0.5) is 5.82 Å². The van der Waals surface area contributed by atoms with Crippen LogP contribution in [0.2, 0.25) is 5.02 Å². The molecule has 7 nitrogen and oxygen atoms in total. The molecule has 1 aliphatic rings. The quantitative estimate of drug-likeness (QED) is 0.526. The van der Waals surface area contributed by atoms with Crippen LogP contribution < -0.4 is 16.0 Å². The number of carbonyl (C=O) groups excluding carboxylic acids is 1. The fourth-order valence-corrected chi connectivity index (χ4v) is 2.82. The van der Waals surface area contributed by atoms with Gasteiger partial charge in [0.05, 0.1) is 11.6 Å². The van der Waals surface area contributed by atoms with E-state index >= 15 is 0 Å². The van der Waals surface area contributed by atoms with Crippen molar-refractivity contribution in [3.63, 3.8) is 0 Å². The normalized spacial score (nSPS) is 16.2. The zero-order chi connectivity index (χ0) is 19.8. The summed E-state index contributed by atoms with van der Waals surface area (Å²) in [6, 6.07) is 1.58. The Labute approximate surface area is 163 Å². The maximum atomic E-state index is 12.2. The van der Waals surface area contributed by atoms with Gasteiger partial charge in [-0.15, -0.1) is 0 Å². The molecule has 0 saturated carbocycles. The first kappa shape index (κ1) is 20.7. The van der Waals surface area contributed by atoms with Gasteiger partial charge in [0, 0.05) is 30.4 Å². The van der Waals surface area contributed by atoms with Crippen molar-refractivity contribution in [3.05, 3.63) is 71.2 Å². The number of nitrogens with zero attached hydrogens (tertiary/aromatic N) is 2. The number of allylic oxidation sites excluding steroid dienone is 4. The van der Waals surface area contributed by atoms with E-state index in [4.69, 9.17) is 22.4 Å². The van der Waals surface area contributed by atoms with Gasteiger partial charge < -0.3 is 26.2 Å². The van der Waals surface area contributed by atoms with Gasteiger partial charge in [0.15, 0.2) is 0 Å². The number of anilines is 1. The van der Waals surface area contributed by atoms with Crippen molar-refractivity contribution in [1.82, 2.24) is 10.3 Å². The van der Waals surface area contributed by atoms with Crippen molar-refractivity contribution in [2.24, 2.45) is 5.73 Å². The molecule has 0 spiro atoms. The van der Waals surface area contributed by atoms with E-state index in [0.29, 0.717) is 41.5 Å². The molecule has 0 bridgehead atoms. The molecule has 5 N–H and O–H groups in total. The molecule has 1 atom stereocenters. The van der Waals surface area contributed by atoms with Gasteiger partial charge in [0.1, 0.15) is 17.7 Å². The lowest BCUT2D eigenvalue weighted by Gasteiger charge is -2.28. The third kappa shape index (κ3) is 5.68. The van der Waals surface area contributed by atoms with E-state index in [1.807, 2.05) is 4.90 Å². The Hall–Kier alpha value is -2.61. The van der Waals surface area contributed by atoms with E-state index in [9.17, 15) is 9.90 Å². The van der Waals surface area contributed by atoms with Crippen molar-refractivity contribution in [3.8, 4) is 0 Å². The zero-order valence-corrected chi connectivity index (χ0v) is 15.6. The van der Waals surface area contributed by atoms with Crippen LogP contribution in [0.1, 0.15) is 18.1 Å². The first-order valence-corrected chi connectivity index (χ1v) is 8.78. The van der Waals surface area contributed by atoms with E-state index in [2.05, 4.69) is 16.9 Å². The topological polar surface area (TPSA) is 112 Å². The number of pyridine rings is 1. The predicted octanol–water partition coefficient (Wildman–Crippen LogP) is 1.56. The summed E-state index contributed by atoms with van der Waals surface area (Å²) in [5, 5.41) is 21.7. The van der Waals surface area contributed by atoms with Gasteiger partial charge in [-0.3, -0.25) is 4.79 Å². The maximum absolute atomic E-state index is 12.2. The van der Waals surface area contributed by atoms with E-state index in [-0.39, 0.29) is 11.7 Å². The molecular formula is C19H23ClN4O3. The standard InChI is InChI=1S/C19H23ClN4O3/c1-2-3-4-5-17(21)23-19(27)13-6-8-24(9-7-13)18-15(20)10-14(11-22-18)16(26)12-25/h2-6,10-11,16,25-26H,1,7-9,12,21H2,(H,23,27)/b4-3-,17-5+/t16-/m1/s1. The maximum Gasteiger partial charge on any atom is 0.252 e. The monoisotopic (exact) mass is 390 g/mol. The lowest BCUT2D eigenvalue weighted by Crippen LogP contribution is -2.35. The Morgan fingerprint density at radius 3 is 2.89 bits per heavy atom. The van der Waals surface area contributed by atoms with Gasteiger partial charge in [0.2, 0.25) is 0 Å². The molecule has 2 rings (SSSR count). The lowest BCUT2D eigenvalue weighted by molar-refractivity contribution is -0.117. The highest BCUT2D eigenvalue weighted by Crippen LogP contribution is 2.28. The van der Waals surface area contributed by atoms with E-state index in [0.717, 1.165) is 0 Å². The van der Waals surface area contributed by atoms with Gasteiger partial charge >= 0.3 is 0 Å². The van der Waals surface area contributed by atoms with Crippen molar-refractivity contribution in [2.75, 3.05) is 24.6 Å². The smallest absolute Gasteiger partial charge is 0.252 e. The molecule has 1 aromatic rings. The first-order chi connectivity index (χ1) is 13.0. The zero-order valence-electron chi connectivity index (χ0n) is 14.8. The SMILES string of the molecule is C=C/C=C\C=C(/N)NC(=O)C1=CCN(c2ncc([C@H](O)CO)cc2Cl)CC1. The summed E-state index contributed by atoms with van der Waals surface area (Å²) >= 11 is 6.26. The number of carbonyl (C=O) groups is 1. The minimum atomic E-state index is -1.01. The van der Waals surface area contributed by atoms with Gasteiger partial charge in [-0.05, 0) is 18.6 Å². The van der Waals surface area contributed by atoms with Crippen molar-refractivity contribution >= 4 is 23.3 Å². The van der Waals surface area contributed by atoms with E-state index < -0.39 is 12.7 Å². The van der Waals surface area contributed by atoms with E-state index in [1.54, 1.807) is 36.4 Å². The largest absolute Gasteiger partial charge is 0.393 e. The molecule has 8 heteroatoms. The number of nitrogens with two attached hydrogens (primary N) is 1. The minimum Gasteiger partial charge on any atom is -0.393 e. The van der Waals surface area contributed by atoms with Crippen molar-refractivity contribution in [2.45, 2.75) is 12.5 Å². The van der Waals surface area contributed by atoms with E-state index in [1.165, 1.54) is 6.20 Å². The second-order valence-corrected chi connectivity index (χ2v) is 6.30. The predicted molar refractivity (Wildman–Crippen MR) is 106 cm³/mol.